The quantitative estimate of drug-likeness (QED) is 0.854. The molecule has 2 heterocycles. The van der Waals surface area contributed by atoms with Crippen LogP contribution in [0.1, 0.15) is 23.9 Å². The number of aryl methyl sites for hydroxylation is 1. The topological polar surface area (TPSA) is 75.6 Å². The Labute approximate surface area is 120 Å². The second-order valence-corrected chi connectivity index (χ2v) is 5.17. The van der Waals surface area contributed by atoms with Crippen molar-refractivity contribution in [1.82, 2.24) is 19.9 Å². The predicted octanol–water partition coefficient (Wildman–Crippen LogP) is 2.72. The summed E-state index contributed by atoms with van der Waals surface area (Å²) in [5, 5.41) is 6.39. The predicted molar refractivity (Wildman–Crippen MR) is 77.8 cm³/mol. The summed E-state index contributed by atoms with van der Waals surface area (Å²) >= 11 is 7.47. The Balaban J connectivity index is 2.03. The van der Waals surface area contributed by atoms with Gasteiger partial charge in [-0.2, -0.15) is 15.0 Å². The molecule has 0 radical (unpaired) electrons. The summed E-state index contributed by atoms with van der Waals surface area (Å²) in [6, 6.07) is 0. The van der Waals surface area contributed by atoms with E-state index < -0.39 is 0 Å². The van der Waals surface area contributed by atoms with Crippen LogP contribution in [0.5, 0.6) is 0 Å². The van der Waals surface area contributed by atoms with Crippen LogP contribution in [0.4, 0.5) is 11.9 Å². The fourth-order valence-corrected chi connectivity index (χ4v) is 2.28. The zero-order valence-electron chi connectivity index (χ0n) is 10.8. The van der Waals surface area contributed by atoms with Crippen molar-refractivity contribution >= 4 is 34.8 Å². The van der Waals surface area contributed by atoms with Crippen LogP contribution in [0.2, 0.25) is 5.28 Å². The highest BCUT2D eigenvalue weighted by atomic mass is 35.5. The minimum absolute atomic E-state index is 0.178. The number of nitrogens with zero attached hydrogens (tertiary/aromatic N) is 4. The SMILES string of the molecule is CCCNc1nc(Cl)nc(NCc2scnc2C)n1. The van der Waals surface area contributed by atoms with Gasteiger partial charge in [0.25, 0.3) is 0 Å². The van der Waals surface area contributed by atoms with Crippen LogP contribution in [0.3, 0.4) is 0 Å². The third kappa shape index (κ3) is 4.00. The summed E-state index contributed by atoms with van der Waals surface area (Å²) in [7, 11) is 0. The molecule has 0 unspecified atom stereocenters. The average molecular weight is 299 g/mol. The minimum atomic E-state index is 0.178. The van der Waals surface area contributed by atoms with Gasteiger partial charge in [0.05, 0.1) is 17.7 Å². The second kappa shape index (κ2) is 6.63. The first-order valence-corrected chi connectivity index (χ1v) is 7.23. The van der Waals surface area contributed by atoms with Gasteiger partial charge < -0.3 is 10.6 Å². The van der Waals surface area contributed by atoms with E-state index in [1.165, 1.54) is 0 Å². The Kier molecular flexibility index (Phi) is 4.86. The molecule has 0 aliphatic rings. The summed E-state index contributed by atoms with van der Waals surface area (Å²) < 4.78 is 0. The molecule has 0 bridgehead atoms. The van der Waals surface area contributed by atoms with Crippen LogP contribution in [-0.2, 0) is 6.54 Å². The number of hydrogen-bond acceptors (Lipinski definition) is 7. The summed E-state index contributed by atoms with van der Waals surface area (Å²) in [4.78, 5) is 17.7. The highest BCUT2D eigenvalue weighted by Gasteiger charge is 2.06. The average Bonchev–Trinajstić information content (AvgIpc) is 2.79. The molecule has 0 spiro atoms. The molecular weight excluding hydrogens is 284 g/mol. The lowest BCUT2D eigenvalue weighted by molar-refractivity contribution is 0.933. The summed E-state index contributed by atoms with van der Waals surface area (Å²) in [5.41, 5.74) is 2.84. The molecule has 0 aliphatic heterocycles. The van der Waals surface area contributed by atoms with Gasteiger partial charge in [0.1, 0.15) is 0 Å². The highest BCUT2D eigenvalue weighted by Crippen LogP contribution is 2.15. The Bertz CT molecular complexity index is 544. The molecule has 2 aromatic heterocycles. The standard InChI is InChI=1S/C11H15ClN6S/c1-3-4-13-10-16-9(12)17-11(18-10)14-5-8-7(2)15-6-19-8/h6H,3-5H2,1-2H3,(H2,13,14,16,17,18). The third-order valence-electron chi connectivity index (χ3n) is 2.39. The van der Waals surface area contributed by atoms with Crippen LogP contribution < -0.4 is 10.6 Å². The number of thiazole rings is 1. The molecule has 2 N–H and O–H groups in total. The first-order chi connectivity index (χ1) is 9.19. The second-order valence-electron chi connectivity index (χ2n) is 3.89. The lowest BCUT2D eigenvalue weighted by atomic mass is 10.4. The van der Waals surface area contributed by atoms with Crippen molar-refractivity contribution in [3.63, 3.8) is 0 Å². The third-order valence-corrected chi connectivity index (χ3v) is 3.50. The van der Waals surface area contributed by atoms with E-state index in [9.17, 15) is 0 Å². The van der Waals surface area contributed by atoms with Gasteiger partial charge >= 0.3 is 0 Å². The van der Waals surface area contributed by atoms with Crippen molar-refractivity contribution in [2.24, 2.45) is 0 Å². The summed E-state index contributed by atoms with van der Waals surface area (Å²) in [5.74, 6) is 0.955. The maximum atomic E-state index is 5.87. The van der Waals surface area contributed by atoms with E-state index in [1.54, 1.807) is 11.3 Å². The van der Waals surface area contributed by atoms with Crippen molar-refractivity contribution in [2.75, 3.05) is 17.2 Å². The lowest BCUT2D eigenvalue weighted by Gasteiger charge is -2.07. The van der Waals surface area contributed by atoms with E-state index in [1.807, 2.05) is 12.4 Å². The summed E-state index contributed by atoms with van der Waals surface area (Å²) in [6.45, 7) is 5.47. The molecular formula is C11H15ClN6S. The number of halogens is 1. The maximum absolute atomic E-state index is 5.87. The van der Waals surface area contributed by atoms with E-state index in [4.69, 9.17) is 11.6 Å². The normalized spacial score (nSPS) is 10.5. The van der Waals surface area contributed by atoms with Crippen molar-refractivity contribution in [1.29, 1.82) is 0 Å². The fourth-order valence-electron chi connectivity index (χ4n) is 1.40. The van der Waals surface area contributed by atoms with E-state index in [-0.39, 0.29) is 5.28 Å². The number of rotatable bonds is 6. The number of aromatic nitrogens is 4. The maximum Gasteiger partial charge on any atom is 0.229 e. The van der Waals surface area contributed by atoms with Crippen molar-refractivity contribution < 1.29 is 0 Å². The Hall–Kier alpha value is -1.47. The van der Waals surface area contributed by atoms with E-state index in [2.05, 4.69) is 37.5 Å². The Morgan fingerprint density at radius 3 is 2.58 bits per heavy atom. The monoisotopic (exact) mass is 298 g/mol. The molecule has 8 heteroatoms. The van der Waals surface area contributed by atoms with Gasteiger partial charge in [0.15, 0.2) is 0 Å². The van der Waals surface area contributed by atoms with Crippen molar-refractivity contribution in [3.05, 3.63) is 21.4 Å². The molecule has 0 saturated carbocycles. The molecule has 2 rings (SSSR count). The van der Waals surface area contributed by atoms with Crippen LogP contribution in [0.25, 0.3) is 0 Å². The molecule has 19 heavy (non-hydrogen) atoms. The molecule has 0 fully saturated rings. The molecule has 0 aromatic carbocycles. The van der Waals surface area contributed by atoms with Crippen molar-refractivity contribution in [2.45, 2.75) is 26.8 Å². The first kappa shape index (κ1) is 14.0. The molecule has 0 amide bonds. The van der Waals surface area contributed by atoms with Crippen LogP contribution in [-0.4, -0.2) is 26.5 Å². The number of hydrogen-bond donors (Lipinski definition) is 2. The Morgan fingerprint density at radius 2 is 1.95 bits per heavy atom. The van der Waals surface area contributed by atoms with E-state index in [0.29, 0.717) is 18.4 Å². The van der Waals surface area contributed by atoms with Gasteiger partial charge in [-0.25, -0.2) is 4.98 Å². The van der Waals surface area contributed by atoms with Gasteiger partial charge in [-0.05, 0) is 24.9 Å². The van der Waals surface area contributed by atoms with Gasteiger partial charge in [0, 0.05) is 11.4 Å². The minimum Gasteiger partial charge on any atom is -0.354 e. The van der Waals surface area contributed by atoms with E-state index in [0.717, 1.165) is 23.5 Å². The van der Waals surface area contributed by atoms with E-state index >= 15 is 0 Å². The molecule has 2 aromatic rings. The van der Waals surface area contributed by atoms with Crippen LogP contribution in [0, 0.1) is 6.92 Å². The highest BCUT2D eigenvalue weighted by molar-refractivity contribution is 7.09. The van der Waals surface area contributed by atoms with Crippen LogP contribution >= 0.6 is 22.9 Å². The number of nitrogens with one attached hydrogen (secondary N) is 2. The zero-order valence-corrected chi connectivity index (χ0v) is 12.3. The molecule has 6 nitrogen and oxygen atoms in total. The first-order valence-electron chi connectivity index (χ1n) is 5.97. The molecule has 102 valence electrons. The van der Waals surface area contributed by atoms with Crippen molar-refractivity contribution in [3.8, 4) is 0 Å². The zero-order chi connectivity index (χ0) is 13.7. The van der Waals surface area contributed by atoms with Gasteiger partial charge in [-0.3, -0.25) is 0 Å². The summed E-state index contributed by atoms with van der Waals surface area (Å²) in [6.07, 6.45) is 0.992. The van der Waals surface area contributed by atoms with Gasteiger partial charge in [0.2, 0.25) is 17.2 Å². The van der Waals surface area contributed by atoms with Gasteiger partial charge in [-0.1, -0.05) is 6.92 Å². The van der Waals surface area contributed by atoms with Gasteiger partial charge in [-0.15, -0.1) is 11.3 Å². The van der Waals surface area contributed by atoms with Crippen LogP contribution in [0.15, 0.2) is 5.51 Å². The largest absolute Gasteiger partial charge is 0.354 e. The molecule has 0 saturated heterocycles. The smallest absolute Gasteiger partial charge is 0.229 e. The fraction of sp³-hybridized carbons (Fsp3) is 0.455. The number of anilines is 2. The molecule has 0 atom stereocenters. The molecule has 0 aliphatic carbocycles. The Morgan fingerprint density at radius 1 is 1.21 bits per heavy atom. The lowest BCUT2D eigenvalue weighted by Crippen LogP contribution is -2.09.